The lowest BCUT2D eigenvalue weighted by atomic mass is 10.0. The monoisotopic (exact) mass is 478 g/mol. The van der Waals surface area contributed by atoms with Crippen molar-refractivity contribution in [3.63, 3.8) is 0 Å². The Morgan fingerprint density at radius 1 is 0.848 bits per heavy atom. The van der Waals surface area contributed by atoms with Crippen molar-refractivity contribution in [3.8, 4) is 0 Å². The lowest BCUT2D eigenvalue weighted by Gasteiger charge is -2.41. The topological polar surface area (TPSA) is 57.9 Å². The van der Waals surface area contributed by atoms with Crippen LogP contribution in [-0.2, 0) is 0 Å². The van der Waals surface area contributed by atoms with E-state index in [0.717, 1.165) is 11.1 Å². The quantitative estimate of drug-likeness (QED) is 0.417. The Labute approximate surface area is 200 Å². The lowest BCUT2D eigenvalue weighted by Crippen LogP contribution is -2.52. The summed E-state index contributed by atoms with van der Waals surface area (Å²) in [5, 5.41) is 5.48. The molecule has 33 heavy (non-hydrogen) atoms. The summed E-state index contributed by atoms with van der Waals surface area (Å²) < 4.78 is 1.68. The van der Waals surface area contributed by atoms with Crippen LogP contribution in [-0.4, -0.2) is 50.9 Å². The molecule has 1 fully saturated rings. The SMILES string of the molecule is O=C(c1cnn2ccccc12)N1CCN(C(=O)c2ccc(Cl)cc2)C(c2ccc(Cl)cc2)C1. The molecule has 0 saturated carbocycles. The first kappa shape index (κ1) is 21.5. The molecule has 2 aromatic heterocycles. The van der Waals surface area contributed by atoms with Gasteiger partial charge in [0.25, 0.3) is 11.8 Å². The number of carbonyl (C=O) groups is 2. The van der Waals surface area contributed by atoms with Gasteiger partial charge in [0.05, 0.1) is 23.3 Å². The van der Waals surface area contributed by atoms with Gasteiger partial charge in [0.15, 0.2) is 0 Å². The van der Waals surface area contributed by atoms with Gasteiger partial charge in [-0.3, -0.25) is 9.59 Å². The van der Waals surface area contributed by atoms with Crippen molar-refractivity contribution in [1.29, 1.82) is 0 Å². The van der Waals surface area contributed by atoms with Gasteiger partial charge in [0.2, 0.25) is 0 Å². The predicted octanol–water partition coefficient (Wildman–Crippen LogP) is 4.98. The fraction of sp³-hybridized carbons (Fsp3) is 0.160. The number of fused-ring (bicyclic) bond motifs is 1. The summed E-state index contributed by atoms with van der Waals surface area (Å²) in [6.45, 7) is 1.19. The summed E-state index contributed by atoms with van der Waals surface area (Å²) >= 11 is 12.1. The van der Waals surface area contributed by atoms with E-state index in [0.29, 0.717) is 40.8 Å². The number of nitrogens with zero attached hydrogens (tertiary/aromatic N) is 4. The maximum absolute atomic E-state index is 13.4. The number of hydrogen-bond acceptors (Lipinski definition) is 3. The van der Waals surface area contributed by atoms with Crippen LogP contribution >= 0.6 is 23.2 Å². The third-order valence-electron chi connectivity index (χ3n) is 5.93. The van der Waals surface area contributed by atoms with Crippen LogP contribution in [0.4, 0.5) is 0 Å². The molecule has 1 aliphatic rings. The molecule has 1 saturated heterocycles. The van der Waals surface area contributed by atoms with Gasteiger partial charge in [-0.1, -0.05) is 41.4 Å². The Morgan fingerprint density at radius 2 is 1.55 bits per heavy atom. The van der Waals surface area contributed by atoms with Crippen molar-refractivity contribution in [2.45, 2.75) is 6.04 Å². The average Bonchev–Trinajstić information content (AvgIpc) is 3.28. The lowest BCUT2D eigenvalue weighted by molar-refractivity contribution is 0.0384. The number of hydrogen-bond donors (Lipinski definition) is 0. The Hall–Kier alpha value is -3.35. The van der Waals surface area contributed by atoms with Gasteiger partial charge >= 0.3 is 0 Å². The predicted molar refractivity (Wildman–Crippen MR) is 128 cm³/mol. The van der Waals surface area contributed by atoms with Gasteiger partial charge in [-0.2, -0.15) is 5.10 Å². The molecule has 1 atom stereocenters. The molecule has 8 heteroatoms. The second-order valence-electron chi connectivity index (χ2n) is 7.91. The highest BCUT2D eigenvalue weighted by Gasteiger charge is 2.35. The first-order valence-electron chi connectivity index (χ1n) is 10.5. The maximum Gasteiger partial charge on any atom is 0.257 e. The second kappa shape index (κ2) is 8.89. The maximum atomic E-state index is 13.4. The third-order valence-corrected chi connectivity index (χ3v) is 6.44. The van der Waals surface area contributed by atoms with E-state index in [9.17, 15) is 9.59 Å². The van der Waals surface area contributed by atoms with E-state index in [4.69, 9.17) is 23.2 Å². The Morgan fingerprint density at radius 3 is 2.27 bits per heavy atom. The number of pyridine rings is 1. The number of halogens is 2. The Balaban J connectivity index is 1.46. The molecule has 0 spiro atoms. The van der Waals surface area contributed by atoms with E-state index in [-0.39, 0.29) is 17.9 Å². The van der Waals surface area contributed by atoms with Gasteiger partial charge in [-0.25, -0.2) is 4.52 Å². The highest BCUT2D eigenvalue weighted by atomic mass is 35.5. The fourth-order valence-corrected chi connectivity index (χ4v) is 4.46. The smallest absolute Gasteiger partial charge is 0.257 e. The zero-order valence-corrected chi connectivity index (χ0v) is 19.1. The van der Waals surface area contributed by atoms with Crippen molar-refractivity contribution in [3.05, 3.63) is 106 Å². The summed E-state index contributed by atoms with van der Waals surface area (Å²) in [4.78, 5) is 30.4. The first-order valence-corrected chi connectivity index (χ1v) is 11.3. The summed E-state index contributed by atoms with van der Waals surface area (Å²) in [7, 11) is 0. The zero-order valence-electron chi connectivity index (χ0n) is 17.6. The molecule has 1 unspecified atom stereocenters. The van der Waals surface area contributed by atoms with Gasteiger partial charge in [-0.05, 0) is 54.1 Å². The third kappa shape index (κ3) is 4.19. The highest BCUT2D eigenvalue weighted by Crippen LogP contribution is 2.29. The van der Waals surface area contributed by atoms with Crippen molar-refractivity contribution in [2.75, 3.05) is 19.6 Å². The minimum absolute atomic E-state index is 0.102. The molecule has 5 rings (SSSR count). The van der Waals surface area contributed by atoms with E-state index in [1.165, 1.54) is 0 Å². The normalized spacial score (nSPS) is 16.2. The van der Waals surface area contributed by atoms with Crippen LogP contribution in [0, 0.1) is 0 Å². The van der Waals surface area contributed by atoms with Crippen molar-refractivity contribution >= 4 is 40.5 Å². The molecular weight excluding hydrogens is 459 g/mol. The molecule has 0 radical (unpaired) electrons. The van der Waals surface area contributed by atoms with E-state index in [1.807, 2.05) is 41.4 Å². The standard InChI is InChI=1S/C25H20Cl2N4O2/c26-19-8-4-17(5-9-19)23-16-29(25(33)21-15-28-31-12-2-1-3-22(21)31)13-14-30(23)24(32)18-6-10-20(27)11-7-18/h1-12,15,23H,13-14,16H2. The molecule has 6 nitrogen and oxygen atoms in total. The molecule has 4 aromatic rings. The number of rotatable bonds is 3. The largest absolute Gasteiger partial charge is 0.334 e. The second-order valence-corrected chi connectivity index (χ2v) is 8.79. The van der Waals surface area contributed by atoms with E-state index < -0.39 is 0 Å². The minimum atomic E-state index is -0.315. The summed E-state index contributed by atoms with van der Waals surface area (Å²) in [5.74, 6) is -0.205. The van der Waals surface area contributed by atoms with Crippen LogP contribution in [0.5, 0.6) is 0 Å². The molecule has 2 aromatic carbocycles. The van der Waals surface area contributed by atoms with Crippen LogP contribution in [0.15, 0.2) is 79.1 Å². The van der Waals surface area contributed by atoms with Crippen molar-refractivity contribution in [2.24, 2.45) is 0 Å². The molecule has 2 amide bonds. The molecule has 1 aliphatic heterocycles. The van der Waals surface area contributed by atoms with Crippen molar-refractivity contribution < 1.29 is 9.59 Å². The first-order chi connectivity index (χ1) is 16.0. The van der Waals surface area contributed by atoms with Gasteiger partial charge in [0.1, 0.15) is 0 Å². The number of amides is 2. The van der Waals surface area contributed by atoms with Crippen LogP contribution in [0.3, 0.4) is 0 Å². The van der Waals surface area contributed by atoms with Crippen molar-refractivity contribution in [1.82, 2.24) is 19.4 Å². The number of carbonyl (C=O) groups excluding carboxylic acids is 2. The van der Waals surface area contributed by atoms with Crippen LogP contribution < -0.4 is 0 Å². The molecule has 3 heterocycles. The summed E-state index contributed by atoms with van der Waals surface area (Å²) in [6, 6.07) is 19.6. The van der Waals surface area contributed by atoms with E-state index in [2.05, 4.69) is 5.10 Å². The van der Waals surface area contributed by atoms with Gasteiger partial charge < -0.3 is 9.80 Å². The molecular formula is C25H20Cl2N4O2. The number of benzene rings is 2. The van der Waals surface area contributed by atoms with Gasteiger partial charge in [-0.15, -0.1) is 0 Å². The fourth-order valence-electron chi connectivity index (χ4n) is 4.21. The van der Waals surface area contributed by atoms with E-state index >= 15 is 0 Å². The molecule has 166 valence electrons. The number of aromatic nitrogens is 2. The van der Waals surface area contributed by atoms with Crippen LogP contribution in [0.2, 0.25) is 10.0 Å². The molecule has 0 bridgehead atoms. The minimum Gasteiger partial charge on any atom is -0.334 e. The molecule has 0 N–H and O–H groups in total. The Kier molecular flexibility index (Phi) is 5.79. The number of piperazine rings is 1. The highest BCUT2D eigenvalue weighted by molar-refractivity contribution is 6.30. The zero-order chi connectivity index (χ0) is 22.9. The van der Waals surface area contributed by atoms with E-state index in [1.54, 1.807) is 52.0 Å². The molecule has 0 aliphatic carbocycles. The van der Waals surface area contributed by atoms with Crippen LogP contribution in [0.1, 0.15) is 32.3 Å². The van der Waals surface area contributed by atoms with Gasteiger partial charge in [0, 0.05) is 41.4 Å². The Bertz CT molecular complexity index is 1320. The average molecular weight is 479 g/mol. The summed E-state index contributed by atoms with van der Waals surface area (Å²) in [5.41, 5.74) is 2.77. The van der Waals surface area contributed by atoms with Crippen LogP contribution in [0.25, 0.3) is 5.52 Å². The summed E-state index contributed by atoms with van der Waals surface area (Å²) in [6.07, 6.45) is 3.41.